The van der Waals surface area contributed by atoms with Crippen molar-refractivity contribution >= 4 is 17.5 Å². The van der Waals surface area contributed by atoms with Gasteiger partial charge >= 0.3 is 0 Å². The van der Waals surface area contributed by atoms with Crippen LogP contribution in [0, 0.1) is 5.92 Å². The summed E-state index contributed by atoms with van der Waals surface area (Å²) in [6.07, 6.45) is 0. The minimum atomic E-state index is -0.208. The fourth-order valence-corrected chi connectivity index (χ4v) is 2.39. The molecular formula is C15H21N3O3. The molecule has 0 saturated carbocycles. The van der Waals surface area contributed by atoms with E-state index in [1.807, 2.05) is 13.8 Å². The Hall–Kier alpha value is -2.24. The van der Waals surface area contributed by atoms with Gasteiger partial charge in [0.15, 0.2) is 0 Å². The number of benzene rings is 1. The third-order valence-electron chi connectivity index (χ3n) is 3.64. The van der Waals surface area contributed by atoms with Gasteiger partial charge in [0.25, 0.3) is 5.91 Å². The van der Waals surface area contributed by atoms with Gasteiger partial charge in [-0.1, -0.05) is 13.8 Å². The minimum absolute atomic E-state index is 0.0150. The van der Waals surface area contributed by atoms with Crippen LogP contribution >= 0.6 is 0 Å². The van der Waals surface area contributed by atoms with Gasteiger partial charge in [-0.25, -0.2) is 0 Å². The Bertz CT molecular complexity index is 549. The summed E-state index contributed by atoms with van der Waals surface area (Å²) >= 11 is 0. The Labute approximate surface area is 124 Å². The normalized spacial score (nSPS) is 15.4. The molecule has 0 aromatic heterocycles. The van der Waals surface area contributed by atoms with Gasteiger partial charge < -0.3 is 20.6 Å². The van der Waals surface area contributed by atoms with Gasteiger partial charge in [-0.3, -0.25) is 9.59 Å². The lowest BCUT2D eigenvalue weighted by Gasteiger charge is -2.35. The Balaban J connectivity index is 2.03. The highest BCUT2D eigenvalue weighted by molar-refractivity contribution is 5.99. The van der Waals surface area contributed by atoms with E-state index in [2.05, 4.69) is 0 Å². The van der Waals surface area contributed by atoms with E-state index in [-0.39, 0.29) is 23.5 Å². The van der Waals surface area contributed by atoms with Gasteiger partial charge in [-0.2, -0.15) is 0 Å². The van der Waals surface area contributed by atoms with Gasteiger partial charge in [0.1, 0.15) is 5.75 Å². The quantitative estimate of drug-likeness (QED) is 0.626. The van der Waals surface area contributed by atoms with Crippen LogP contribution in [0.4, 0.5) is 5.69 Å². The summed E-state index contributed by atoms with van der Waals surface area (Å²) in [4.78, 5) is 27.8. The van der Waals surface area contributed by atoms with Crippen LogP contribution in [-0.2, 0) is 4.79 Å². The molecule has 6 heteroatoms. The van der Waals surface area contributed by atoms with Crippen LogP contribution in [0.15, 0.2) is 18.2 Å². The van der Waals surface area contributed by atoms with Crippen LogP contribution < -0.4 is 5.73 Å². The average Bonchev–Trinajstić information content (AvgIpc) is 2.48. The summed E-state index contributed by atoms with van der Waals surface area (Å²) in [6.45, 7) is 5.75. The topological polar surface area (TPSA) is 86.9 Å². The molecule has 0 atom stereocenters. The van der Waals surface area contributed by atoms with Crippen LogP contribution in [-0.4, -0.2) is 52.9 Å². The molecule has 3 N–H and O–H groups in total. The van der Waals surface area contributed by atoms with Crippen molar-refractivity contribution in [2.75, 3.05) is 31.9 Å². The van der Waals surface area contributed by atoms with Crippen molar-refractivity contribution in [3.05, 3.63) is 23.8 Å². The van der Waals surface area contributed by atoms with E-state index < -0.39 is 0 Å². The van der Waals surface area contributed by atoms with E-state index in [0.29, 0.717) is 37.4 Å². The lowest BCUT2D eigenvalue weighted by molar-refractivity contribution is -0.135. The smallest absolute Gasteiger partial charge is 0.256 e. The molecule has 0 unspecified atom stereocenters. The SMILES string of the molecule is CC(C)C(=O)N1CCN(C(=O)c2cc(O)ccc2N)CC1. The van der Waals surface area contributed by atoms with Crippen LogP contribution in [0.25, 0.3) is 0 Å². The number of carbonyl (C=O) groups excluding carboxylic acids is 2. The molecule has 2 amide bonds. The van der Waals surface area contributed by atoms with Crippen LogP contribution in [0.2, 0.25) is 0 Å². The predicted molar refractivity (Wildman–Crippen MR) is 79.8 cm³/mol. The van der Waals surface area contributed by atoms with Gasteiger partial charge in [0.05, 0.1) is 5.56 Å². The third kappa shape index (κ3) is 3.26. The van der Waals surface area contributed by atoms with Crippen LogP contribution in [0.5, 0.6) is 5.75 Å². The summed E-state index contributed by atoms with van der Waals surface area (Å²) in [5.74, 6) is -0.117. The van der Waals surface area contributed by atoms with Gasteiger partial charge in [-0.15, -0.1) is 0 Å². The van der Waals surface area contributed by atoms with E-state index in [0.717, 1.165) is 0 Å². The number of piperazine rings is 1. The maximum absolute atomic E-state index is 12.4. The van der Waals surface area contributed by atoms with Gasteiger partial charge in [-0.05, 0) is 18.2 Å². The highest BCUT2D eigenvalue weighted by Crippen LogP contribution is 2.21. The summed E-state index contributed by atoms with van der Waals surface area (Å²) in [5, 5.41) is 9.48. The summed E-state index contributed by atoms with van der Waals surface area (Å²) in [5.41, 5.74) is 6.44. The summed E-state index contributed by atoms with van der Waals surface area (Å²) in [6, 6.07) is 4.34. The van der Waals surface area contributed by atoms with Crippen LogP contribution in [0.1, 0.15) is 24.2 Å². The predicted octanol–water partition coefficient (Wildman–Crippen LogP) is 0.915. The van der Waals surface area contributed by atoms with Crippen LogP contribution in [0.3, 0.4) is 0 Å². The molecule has 1 heterocycles. The molecule has 1 aliphatic heterocycles. The number of phenols is 1. The van der Waals surface area contributed by atoms with Crippen molar-refractivity contribution < 1.29 is 14.7 Å². The zero-order chi connectivity index (χ0) is 15.6. The van der Waals surface area contributed by atoms with Crippen molar-refractivity contribution in [1.29, 1.82) is 0 Å². The molecule has 6 nitrogen and oxygen atoms in total. The number of hydrogen-bond donors (Lipinski definition) is 2. The molecule has 1 aromatic rings. The van der Waals surface area contributed by atoms with Crippen molar-refractivity contribution in [3.8, 4) is 5.75 Å². The first-order valence-corrected chi connectivity index (χ1v) is 7.06. The van der Waals surface area contributed by atoms with Crippen molar-refractivity contribution in [1.82, 2.24) is 9.80 Å². The molecular weight excluding hydrogens is 270 g/mol. The molecule has 1 saturated heterocycles. The molecule has 114 valence electrons. The van der Waals surface area contributed by atoms with Crippen molar-refractivity contribution in [2.24, 2.45) is 5.92 Å². The molecule has 21 heavy (non-hydrogen) atoms. The van der Waals surface area contributed by atoms with Crippen molar-refractivity contribution in [2.45, 2.75) is 13.8 Å². The largest absolute Gasteiger partial charge is 0.508 e. The third-order valence-corrected chi connectivity index (χ3v) is 3.64. The number of rotatable bonds is 2. The zero-order valence-corrected chi connectivity index (χ0v) is 12.4. The lowest BCUT2D eigenvalue weighted by atomic mass is 10.1. The first kappa shape index (κ1) is 15.2. The molecule has 0 bridgehead atoms. The van der Waals surface area contributed by atoms with E-state index in [1.54, 1.807) is 9.80 Å². The number of nitrogen functional groups attached to an aromatic ring is 1. The number of anilines is 1. The maximum Gasteiger partial charge on any atom is 0.256 e. The molecule has 0 spiro atoms. The van der Waals surface area contributed by atoms with E-state index in [9.17, 15) is 14.7 Å². The molecule has 1 aromatic carbocycles. The number of nitrogens with two attached hydrogens (primary N) is 1. The van der Waals surface area contributed by atoms with E-state index >= 15 is 0 Å². The summed E-state index contributed by atoms with van der Waals surface area (Å²) < 4.78 is 0. The zero-order valence-electron chi connectivity index (χ0n) is 12.4. The number of nitrogens with zero attached hydrogens (tertiary/aromatic N) is 2. The second-order valence-corrected chi connectivity index (χ2v) is 5.54. The van der Waals surface area contributed by atoms with E-state index in [1.165, 1.54) is 18.2 Å². The Morgan fingerprint density at radius 1 is 1.14 bits per heavy atom. The average molecular weight is 291 g/mol. The molecule has 0 radical (unpaired) electrons. The number of amides is 2. The highest BCUT2D eigenvalue weighted by atomic mass is 16.3. The minimum Gasteiger partial charge on any atom is -0.508 e. The van der Waals surface area contributed by atoms with E-state index in [4.69, 9.17) is 5.73 Å². The number of hydrogen-bond acceptors (Lipinski definition) is 4. The van der Waals surface area contributed by atoms with Gasteiger partial charge in [0.2, 0.25) is 5.91 Å². The summed E-state index contributed by atoms with van der Waals surface area (Å²) in [7, 11) is 0. The first-order valence-electron chi connectivity index (χ1n) is 7.06. The molecule has 1 aliphatic rings. The number of aromatic hydroxyl groups is 1. The maximum atomic E-state index is 12.4. The monoisotopic (exact) mass is 291 g/mol. The van der Waals surface area contributed by atoms with Crippen molar-refractivity contribution in [3.63, 3.8) is 0 Å². The Kier molecular flexibility index (Phi) is 4.35. The fourth-order valence-electron chi connectivity index (χ4n) is 2.39. The second kappa shape index (κ2) is 6.03. The highest BCUT2D eigenvalue weighted by Gasteiger charge is 2.26. The molecule has 0 aliphatic carbocycles. The standard InChI is InChI=1S/C15H21N3O3/c1-10(2)14(20)17-5-7-18(8-6-17)15(21)12-9-11(19)3-4-13(12)16/h3-4,9-10,19H,5-8,16H2,1-2H3. The second-order valence-electron chi connectivity index (χ2n) is 5.54. The molecule has 1 fully saturated rings. The number of phenolic OH excluding ortho intramolecular Hbond substituents is 1. The van der Waals surface area contributed by atoms with Gasteiger partial charge in [0, 0.05) is 37.8 Å². The fraction of sp³-hybridized carbons (Fsp3) is 0.467. The lowest BCUT2D eigenvalue weighted by Crippen LogP contribution is -2.51. The Morgan fingerprint density at radius 2 is 1.71 bits per heavy atom. The Morgan fingerprint density at radius 3 is 2.29 bits per heavy atom. The number of carbonyl (C=O) groups is 2. The molecule has 2 rings (SSSR count). The first-order chi connectivity index (χ1) is 9.90.